The fraction of sp³-hybridized carbons (Fsp3) is 0.367. The van der Waals surface area contributed by atoms with E-state index in [1.54, 1.807) is 18.3 Å². The molecule has 0 aliphatic carbocycles. The lowest BCUT2D eigenvalue weighted by Crippen LogP contribution is -2.36. The van der Waals surface area contributed by atoms with Crippen LogP contribution in [0, 0.1) is 11.8 Å². The summed E-state index contributed by atoms with van der Waals surface area (Å²) in [5.41, 5.74) is 4.76. The molecule has 2 heterocycles. The van der Waals surface area contributed by atoms with Crippen LogP contribution in [-0.2, 0) is 24.5 Å². The summed E-state index contributed by atoms with van der Waals surface area (Å²) in [6.45, 7) is 4.16. The van der Waals surface area contributed by atoms with E-state index in [2.05, 4.69) is 69.6 Å². The maximum absolute atomic E-state index is 11.2. The molecule has 1 N–H and O–H groups in total. The molecule has 4 rings (SSSR count). The first-order chi connectivity index (χ1) is 17.6. The molecule has 1 aliphatic rings. The van der Waals surface area contributed by atoms with Crippen LogP contribution < -0.4 is 4.74 Å². The number of carboxylic acids is 1. The summed E-state index contributed by atoms with van der Waals surface area (Å²) in [7, 11) is 0. The van der Waals surface area contributed by atoms with Gasteiger partial charge in [-0.2, -0.15) is 23.1 Å². The van der Waals surface area contributed by atoms with Crippen LogP contribution in [0.2, 0.25) is 0 Å². The third-order valence-corrected chi connectivity index (χ3v) is 8.22. The van der Waals surface area contributed by atoms with Crippen molar-refractivity contribution >= 4 is 29.1 Å². The van der Waals surface area contributed by atoms with Crippen molar-refractivity contribution in [2.24, 2.45) is 0 Å². The minimum Gasteiger partial charge on any atom is -0.489 e. The van der Waals surface area contributed by atoms with Crippen molar-refractivity contribution in [1.82, 2.24) is 4.90 Å². The molecule has 6 heteroatoms. The van der Waals surface area contributed by atoms with E-state index in [4.69, 9.17) is 9.84 Å². The van der Waals surface area contributed by atoms with E-state index in [0.29, 0.717) is 12.6 Å². The Morgan fingerprint density at radius 1 is 1.08 bits per heavy atom. The molecule has 1 aromatic heterocycles. The Labute approximate surface area is 222 Å². The van der Waals surface area contributed by atoms with Crippen molar-refractivity contribution < 1.29 is 14.6 Å². The number of hydrogen-bond donors (Lipinski definition) is 1. The van der Waals surface area contributed by atoms with Crippen LogP contribution in [0.5, 0.6) is 5.75 Å². The van der Waals surface area contributed by atoms with Gasteiger partial charge in [-0.25, -0.2) is 0 Å². The van der Waals surface area contributed by atoms with Crippen molar-refractivity contribution in [3.05, 3.63) is 87.6 Å². The molecular weight excluding hydrogens is 486 g/mol. The van der Waals surface area contributed by atoms with Gasteiger partial charge in [0.15, 0.2) is 0 Å². The zero-order valence-corrected chi connectivity index (χ0v) is 22.3. The van der Waals surface area contributed by atoms with Crippen LogP contribution in [0.25, 0.3) is 0 Å². The molecule has 0 amide bonds. The summed E-state index contributed by atoms with van der Waals surface area (Å²) < 4.78 is 6.06. The largest absolute Gasteiger partial charge is 0.489 e. The predicted octanol–water partition coefficient (Wildman–Crippen LogP) is 6.81. The Balaban J connectivity index is 1.38. The number of carbonyl (C=O) groups is 1. The minimum absolute atomic E-state index is 0.00302. The third kappa shape index (κ3) is 7.89. The molecule has 1 fully saturated rings. The van der Waals surface area contributed by atoms with Crippen molar-refractivity contribution in [3.63, 3.8) is 0 Å². The SMILES string of the molecule is CC#C[C@@H](CC(=O)O)c1ccc(OCc2cccc(CN(Cc3ccsc3)C3CCSCC3)c2)cc1. The van der Waals surface area contributed by atoms with Crippen LogP contribution >= 0.6 is 23.1 Å². The summed E-state index contributed by atoms with van der Waals surface area (Å²) in [4.78, 5) is 13.8. The summed E-state index contributed by atoms with van der Waals surface area (Å²) in [5, 5.41) is 13.6. The Morgan fingerprint density at radius 3 is 2.53 bits per heavy atom. The van der Waals surface area contributed by atoms with Gasteiger partial charge in [0.1, 0.15) is 12.4 Å². The number of carboxylic acid groups (broad SMARTS) is 1. The Kier molecular flexibility index (Phi) is 9.92. The average Bonchev–Trinajstić information content (AvgIpc) is 3.41. The van der Waals surface area contributed by atoms with Crippen LogP contribution in [0.1, 0.15) is 54.4 Å². The zero-order valence-electron chi connectivity index (χ0n) is 20.7. The van der Waals surface area contributed by atoms with E-state index in [9.17, 15) is 4.79 Å². The van der Waals surface area contributed by atoms with Gasteiger partial charge in [0.2, 0.25) is 0 Å². The lowest BCUT2D eigenvalue weighted by atomic mass is 9.96. The van der Waals surface area contributed by atoms with Gasteiger partial charge in [0.05, 0.1) is 12.3 Å². The summed E-state index contributed by atoms with van der Waals surface area (Å²) in [5.74, 6) is 7.94. The molecular formula is C30H33NO3S2. The maximum Gasteiger partial charge on any atom is 0.304 e. The molecule has 0 unspecified atom stereocenters. The topological polar surface area (TPSA) is 49.8 Å². The van der Waals surface area contributed by atoms with Crippen molar-refractivity contribution in [2.75, 3.05) is 11.5 Å². The van der Waals surface area contributed by atoms with E-state index in [1.807, 2.05) is 24.3 Å². The Hall–Kier alpha value is -2.72. The first-order valence-electron chi connectivity index (χ1n) is 12.4. The predicted molar refractivity (Wildman–Crippen MR) is 150 cm³/mol. The molecule has 0 bridgehead atoms. The number of ether oxygens (including phenoxy) is 1. The summed E-state index contributed by atoms with van der Waals surface area (Å²) >= 11 is 3.84. The first-order valence-corrected chi connectivity index (χ1v) is 14.5. The molecule has 1 aliphatic heterocycles. The van der Waals surface area contributed by atoms with Crippen LogP contribution in [0.4, 0.5) is 0 Å². The second kappa shape index (κ2) is 13.5. The van der Waals surface area contributed by atoms with Crippen LogP contribution in [-0.4, -0.2) is 33.5 Å². The zero-order chi connectivity index (χ0) is 25.2. The van der Waals surface area contributed by atoms with Crippen LogP contribution in [0.3, 0.4) is 0 Å². The molecule has 0 spiro atoms. The molecule has 4 nitrogen and oxygen atoms in total. The third-order valence-electron chi connectivity index (χ3n) is 6.44. The highest BCUT2D eigenvalue weighted by Gasteiger charge is 2.22. The van der Waals surface area contributed by atoms with Crippen LogP contribution in [0.15, 0.2) is 65.4 Å². The van der Waals surface area contributed by atoms with Gasteiger partial charge in [-0.15, -0.1) is 5.92 Å². The van der Waals surface area contributed by atoms with Crippen molar-refractivity contribution in [2.45, 2.75) is 57.8 Å². The van der Waals surface area contributed by atoms with Gasteiger partial charge in [-0.3, -0.25) is 9.69 Å². The average molecular weight is 520 g/mol. The monoisotopic (exact) mass is 519 g/mol. The first kappa shape index (κ1) is 26.3. The van der Waals surface area contributed by atoms with E-state index < -0.39 is 5.97 Å². The van der Waals surface area contributed by atoms with Crippen molar-refractivity contribution in [3.8, 4) is 17.6 Å². The molecule has 1 saturated heterocycles. The number of benzene rings is 2. The molecule has 188 valence electrons. The number of hydrogen-bond acceptors (Lipinski definition) is 5. The molecule has 2 aromatic carbocycles. The standard InChI is InChI=1S/C30H33NO3S2/c1-2-4-27(18-30(32)33)26-7-9-29(10-8-26)34-21-24-6-3-5-23(17-24)19-31(20-25-11-14-36-22-25)28-12-15-35-16-13-28/h3,5-11,14,17,22,27-28H,12-13,15-16,18-21H2,1H3,(H,32,33)/t27-/m0/s1. The van der Waals surface area contributed by atoms with E-state index >= 15 is 0 Å². The molecule has 3 aromatic rings. The van der Waals surface area contributed by atoms with Gasteiger partial charge >= 0.3 is 5.97 Å². The molecule has 0 radical (unpaired) electrons. The second-order valence-corrected chi connectivity index (χ2v) is 11.1. The second-order valence-electron chi connectivity index (χ2n) is 9.10. The van der Waals surface area contributed by atoms with Gasteiger partial charge in [0, 0.05) is 19.1 Å². The van der Waals surface area contributed by atoms with Gasteiger partial charge in [-0.05, 0) is 82.5 Å². The number of aliphatic carboxylic acids is 1. The van der Waals surface area contributed by atoms with E-state index in [-0.39, 0.29) is 12.3 Å². The van der Waals surface area contributed by atoms with Gasteiger partial charge < -0.3 is 9.84 Å². The molecule has 36 heavy (non-hydrogen) atoms. The number of thioether (sulfide) groups is 1. The van der Waals surface area contributed by atoms with Gasteiger partial charge in [-0.1, -0.05) is 42.3 Å². The lowest BCUT2D eigenvalue weighted by molar-refractivity contribution is -0.137. The maximum atomic E-state index is 11.2. The quantitative estimate of drug-likeness (QED) is 0.282. The lowest BCUT2D eigenvalue weighted by Gasteiger charge is -2.34. The smallest absolute Gasteiger partial charge is 0.304 e. The highest BCUT2D eigenvalue weighted by atomic mass is 32.2. The molecule has 0 saturated carbocycles. The number of rotatable bonds is 11. The Morgan fingerprint density at radius 2 is 1.83 bits per heavy atom. The fourth-order valence-electron chi connectivity index (χ4n) is 4.60. The van der Waals surface area contributed by atoms with E-state index in [0.717, 1.165) is 30.0 Å². The fourth-order valence-corrected chi connectivity index (χ4v) is 6.34. The summed E-state index contributed by atoms with van der Waals surface area (Å²) in [6, 6.07) is 19.2. The summed E-state index contributed by atoms with van der Waals surface area (Å²) in [6.07, 6.45) is 2.51. The normalized spacial score (nSPS) is 14.7. The van der Waals surface area contributed by atoms with E-state index in [1.165, 1.54) is 35.5 Å². The molecule has 1 atom stereocenters. The number of thiophene rings is 1. The van der Waals surface area contributed by atoms with Gasteiger partial charge in [0.25, 0.3) is 0 Å². The van der Waals surface area contributed by atoms with Crippen molar-refractivity contribution in [1.29, 1.82) is 0 Å². The highest BCUT2D eigenvalue weighted by Crippen LogP contribution is 2.26. The Bertz CT molecular complexity index is 1160. The number of nitrogens with zero attached hydrogens (tertiary/aromatic N) is 1. The highest BCUT2D eigenvalue weighted by molar-refractivity contribution is 7.99. The minimum atomic E-state index is -0.848.